The molecule has 0 amide bonds. The average molecular weight is 449 g/mol. The number of rotatable bonds is 7. The third-order valence-corrected chi connectivity index (χ3v) is 3.23. The summed E-state index contributed by atoms with van der Waals surface area (Å²) in [5.74, 6) is 0.826. The van der Waals surface area contributed by atoms with Crippen LogP contribution < -0.4 is 10.6 Å². The average Bonchev–Trinajstić information content (AvgIpc) is 3.02. The SMILES string of the molecule is CCNC(=NCc1nccn1C(F)F)NCCc1ccccc1.I. The van der Waals surface area contributed by atoms with E-state index < -0.39 is 6.55 Å². The lowest BCUT2D eigenvalue weighted by atomic mass is 10.1. The second-order valence-electron chi connectivity index (χ2n) is 4.89. The van der Waals surface area contributed by atoms with Crippen LogP contribution in [-0.2, 0) is 13.0 Å². The van der Waals surface area contributed by atoms with Gasteiger partial charge in [0.2, 0.25) is 0 Å². The molecule has 0 aliphatic carbocycles. The van der Waals surface area contributed by atoms with Gasteiger partial charge >= 0.3 is 6.55 Å². The van der Waals surface area contributed by atoms with E-state index in [-0.39, 0.29) is 36.3 Å². The second kappa shape index (κ2) is 11.0. The Morgan fingerprint density at radius 2 is 2.00 bits per heavy atom. The number of aromatic nitrogens is 2. The molecule has 2 N–H and O–H groups in total. The molecule has 0 unspecified atom stereocenters. The lowest BCUT2D eigenvalue weighted by molar-refractivity contribution is 0.0671. The molecule has 0 spiro atoms. The van der Waals surface area contributed by atoms with Crippen molar-refractivity contribution in [1.82, 2.24) is 20.2 Å². The van der Waals surface area contributed by atoms with Crippen molar-refractivity contribution in [1.29, 1.82) is 0 Å². The number of aliphatic imine (C=N–C) groups is 1. The third kappa shape index (κ3) is 6.42. The fourth-order valence-corrected chi connectivity index (χ4v) is 2.11. The van der Waals surface area contributed by atoms with Crippen LogP contribution in [0.5, 0.6) is 0 Å². The molecule has 0 aliphatic heterocycles. The van der Waals surface area contributed by atoms with Crippen molar-refractivity contribution in [3.8, 4) is 0 Å². The summed E-state index contributed by atoms with van der Waals surface area (Å²) in [7, 11) is 0. The van der Waals surface area contributed by atoms with Gasteiger partial charge in [0.1, 0.15) is 12.4 Å². The van der Waals surface area contributed by atoms with Crippen LogP contribution in [0.2, 0.25) is 0 Å². The highest BCUT2D eigenvalue weighted by molar-refractivity contribution is 14.0. The van der Waals surface area contributed by atoms with Crippen LogP contribution in [0.3, 0.4) is 0 Å². The van der Waals surface area contributed by atoms with E-state index in [9.17, 15) is 8.78 Å². The molecule has 0 aliphatic rings. The fourth-order valence-electron chi connectivity index (χ4n) is 2.11. The highest BCUT2D eigenvalue weighted by Gasteiger charge is 2.10. The predicted octanol–water partition coefficient (Wildman–Crippen LogP) is 3.19. The summed E-state index contributed by atoms with van der Waals surface area (Å²) in [4.78, 5) is 8.23. The summed E-state index contributed by atoms with van der Waals surface area (Å²) < 4.78 is 26.4. The van der Waals surface area contributed by atoms with Gasteiger partial charge in [0.25, 0.3) is 0 Å². The van der Waals surface area contributed by atoms with Crippen LogP contribution in [0, 0.1) is 0 Å². The molecule has 2 rings (SSSR count). The van der Waals surface area contributed by atoms with Crippen molar-refractivity contribution < 1.29 is 8.78 Å². The van der Waals surface area contributed by atoms with Crippen molar-refractivity contribution in [3.63, 3.8) is 0 Å². The third-order valence-electron chi connectivity index (χ3n) is 3.23. The van der Waals surface area contributed by atoms with Gasteiger partial charge in [0.15, 0.2) is 5.96 Å². The molecular weight excluding hydrogens is 427 g/mol. The van der Waals surface area contributed by atoms with Gasteiger partial charge in [0.05, 0.1) is 0 Å². The Morgan fingerprint density at radius 1 is 1.25 bits per heavy atom. The van der Waals surface area contributed by atoms with Gasteiger partial charge in [-0.05, 0) is 18.9 Å². The molecule has 0 bridgehead atoms. The summed E-state index contributed by atoms with van der Waals surface area (Å²) in [5.41, 5.74) is 1.23. The molecule has 24 heavy (non-hydrogen) atoms. The summed E-state index contributed by atoms with van der Waals surface area (Å²) in [6, 6.07) is 10.1. The van der Waals surface area contributed by atoms with Crippen LogP contribution >= 0.6 is 24.0 Å². The highest BCUT2D eigenvalue weighted by atomic mass is 127. The minimum Gasteiger partial charge on any atom is -0.357 e. The van der Waals surface area contributed by atoms with E-state index in [1.54, 1.807) is 0 Å². The van der Waals surface area contributed by atoms with Crippen molar-refractivity contribution >= 4 is 29.9 Å². The quantitative estimate of drug-likeness (QED) is 0.388. The summed E-state index contributed by atoms with van der Waals surface area (Å²) in [6.07, 6.45) is 3.47. The van der Waals surface area contributed by atoms with Crippen LogP contribution in [0.15, 0.2) is 47.7 Å². The minimum atomic E-state index is -2.60. The number of halogens is 3. The molecule has 0 saturated carbocycles. The van der Waals surface area contributed by atoms with Crippen molar-refractivity contribution in [3.05, 3.63) is 54.1 Å². The number of alkyl halides is 2. The molecular formula is C16H22F2IN5. The number of hydrogen-bond acceptors (Lipinski definition) is 2. The Labute approximate surface area is 157 Å². The highest BCUT2D eigenvalue weighted by Crippen LogP contribution is 2.12. The van der Waals surface area contributed by atoms with Gasteiger partial charge in [-0.2, -0.15) is 8.78 Å². The summed E-state index contributed by atoms with van der Waals surface area (Å²) >= 11 is 0. The Kier molecular flexibility index (Phi) is 9.28. The van der Waals surface area contributed by atoms with E-state index in [1.165, 1.54) is 18.0 Å². The largest absolute Gasteiger partial charge is 0.357 e. The Bertz CT molecular complexity index is 616. The standard InChI is InChI=1S/C16H21F2N5.HI/c1-2-19-16(21-9-8-13-6-4-3-5-7-13)22-12-14-20-10-11-23(14)15(17)18;/h3-7,10-11,15H,2,8-9,12H2,1H3,(H2,19,21,22);1H. The number of hydrogen-bond donors (Lipinski definition) is 2. The Balaban J connectivity index is 0.00000288. The molecule has 8 heteroatoms. The summed E-state index contributed by atoms with van der Waals surface area (Å²) in [5, 5.41) is 6.29. The Hall–Kier alpha value is -1.71. The summed E-state index contributed by atoms with van der Waals surface area (Å²) in [6.45, 7) is 0.850. The number of nitrogens with zero attached hydrogens (tertiary/aromatic N) is 3. The normalized spacial score (nSPS) is 11.2. The first-order chi connectivity index (χ1) is 11.2. The van der Waals surface area contributed by atoms with Crippen molar-refractivity contribution in [2.75, 3.05) is 13.1 Å². The molecule has 0 fully saturated rings. The molecule has 1 heterocycles. The predicted molar refractivity (Wildman–Crippen MR) is 102 cm³/mol. The van der Waals surface area contributed by atoms with E-state index in [0.717, 1.165) is 11.0 Å². The van der Waals surface area contributed by atoms with Crippen LogP contribution in [0.1, 0.15) is 24.9 Å². The van der Waals surface area contributed by atoms with Crippen LogP contribution in [0.25, 0.3) is 0 Å². The molecule has 0 radical (unpaired) electrons. The lowest BCUT2D eigenvalue weighted by Gasteiger charge is -2.11. The second-order valence-corrected chi connectivity index (χ2v) is 4.89. The monoisotopic (exact) mass is 449 g/mol. The minimum absolute atomic E-state index is 0. The molecule has 2 aromatic rings. The van der Waals surface area contributed by atoms with Gasteiger partial charge in [-0.25, -0.2) is 9.98 Å². The van der Waals surface area contributed by atoms with Crippen molar-refractivity contribution in [2.24, 2.45) is 4.99 Å². The number of benzene rings is 1. The van der Waals surface area contributed by atoms with Crippen molar-refractivity contribution in [2.45, 2.75) is 26.4 Å². The van der Waals surface area contributed by atoms with E-state index in [2.05, 4.69) is 32.7 Å². The van der Waals surface area contributed by atoms with Gasteiger partial charge < -0.3 is 10.6 Å². The molecule has 132 valence electrons. The van der Waals surface area contributed by atoms with Gasteiger partial charge in [-0.3, -0.25) is 4.57 Å². The van der Waals surface area contributed by atoms with Crippen LogP contribution in [0.4, 0.5) is 8.78 Å². The zero-order chi connectivity index (χ0) is 16.5. The maximum atomic E-state index is 12.8. The number of imidazole rings is 1. The van der Waals surface area contributed by atoms with Gasteiger partial charge in [0, 0.05) is 25.5 Å². The molecule has 1 aromatic heterocycles. The maximum Gasteiger partial charge on any atom is 0.319 e. The molecule has 1 aromatic carbocycles. The number of guanidine groups is 1. The molecule has 0 saturated heterocycles. The van der Waals surface area contributed by atoms with Crippen LogP contribution in [-0.4, -0.2) is 28.6 Å². The van der Waals surface area contributed by atoms with Gasteiger partial charge in [-0.1, -0.05) is 30.3 Å². The first kappa shape index (κ1) is 20.3. The zero-order valence-corrected chi connectivity index (χ0v) is 15.8. The number of nitrogens with one attached hydrogen (secondary N) is 2. The Morgan fingerprint density at radius 3 is 2.67 bits per heavy atom. The van der Waals surface area contributed by atoms with E-state index >= 15 is 0 Å². The maximum absolute atomic E-state index is 12.8. The lowest BCUT2D eigenvalue weighted by Crippen LogP contribution is -2.38. The first-order valence-electron chi connectivity index (χ1n) is 7.56. The zero-order valence-electron chi connectivity index (χ0n) is 13.5. The fraction of sp³-hybridized carbons (Fsp3) is 0.375. The first-order valence-corrected chi connectivity index (χ1v) is 7.56. The smallest absolute Gasteiger partial charge is 0.319 e. The van der Waals surface area contributed by atoms with E-state index in [4.69, 9.17) is 0 Å². The van der Waals surface area contributed by atoms with E-state index in [1.807, 2.05) is 25.1 Å². The molecule has 0 atom stereocenters. The molecule has 5 nitrogen and oxygen atoms in total. The van der Waals surface area contributed by atoms with Gasteiger partial charge in [-0.15, -0.1) is 24.0 Å². The topological polar surface area (TPSA) is 54.2 Å². The van der Waals surface area contributed by atoms with E-state index in [0.29, 0.717) is 19.0 Å².